The molecule has 4 rings (SSSR count). The van der Waals surface area contributed by atoms with Crippen LogP contribution in [0.25, 0.3) is 0 Å². The Kier molecular flexibility index (Phi) is 20.4. The van der Waals surface area contributed by atoms with Crippen molar-refractivity contribution in [2.75, 3.05) is 50.2 Å². The zero-order chi connectivity index (χ0) is 41.5. The van der Waals surface area contributed by atoms with Crippen LogP contribution in [0.3, 0.4) is 0 Å². The molecule has 1 aromatic heterocycles. The van der Waals surface area contributed by atoms with Crippen molar-refractivity contribution in [3.05, 3.63) is 66.8 Å². The topological polar surface area (TPSA) is 196 Å². The molecule has 0 bridgehead atoms. The lowest BCUT2D eigenvalue weighted by molar-refractivity contribution is -0.139. The van der Waals surface area contributed by atoms with E-state index < -0.39 is 31.2 Å². The Balaban J connectivity index is 0.000000309. The van der Waals surface area contributed by atoms with Crippen molar-refractivity contribution in [1.29, 1.82) is 0 Å². The number of amides is 1. The number of carboxylic acids is 1. The third kappa shape index (κ3) is 15.1. The first-order chi connectivity index (χ1) is 25.9. The van der Waals surface area contributed by atoms with E-state index in [0.29, 0.717) is 29.4 Å². The summed E-state index contributed by atoms with van der Waals surface area (Å²) in [6.07, 6.45) is 2.77. The van der Waals surface area contributed by atoms with Gasteiger partial charge in [-0.15, -0.1) is 23.4 Å². The fourth-order valence-electron chi connectivity index (χ4n) is 5.25. The number of carbonyl (C=O) groups is 3. The van der Waals surface area contributed by atoms with Crippen LogP contribution in [-0.2, 0) is 47.9 Å². The highest BCUT2D eigenvalue weighted by atomic mass is 35.5. The van der Waals surface area contributed by atoms with Crippen LogP contribution in [0.5, 0.6) is 0 Å². The first kappa shape index (κ1) is 48.1. The molecule has 20 heteroatoms. The molecular weight excluding hydrogens is 819 g/mol. The fourth-order valence-corrected chi connectivity index (χ4v) is 8.13. The van der Waals surface area contributed by atoms with Gasteiger partial charge >= 0.3 is 16.8 Å². The van der Waals surface area contributed by atoms with Crippen LogP contribution in [0.4, 0.5) is 15.8 Å². The number of methoxy groups -OCH3 is 2. The van der Waals surface area contributed by atoms with Crippen LogP contribution in [0.15, 0.2) is 45.0 Å². The Labute approximate surface area is 337 Å². The summed E-state index contributed by atoms with van der Waals surface area (Å²) >= 11 is 13.9. The van der Waals surface area contributed by atoms with Crippen LogP contribution in [0.1, 0.15) is 44.2 Å². The number of hydrogen-bond donors (Lipinski definition) is 3. The highest BCUT2D eigenvalue weighted by Gasteiger charge is 2.25. The number of halogens is 3. The van der Waals surface area contributed by atoms with E-state index in [-0.39, 0.29) is 51.7 Å². The number of anilines is 1. The number of carboxylic acid groups (broad SMARTS) is 1. The number of carbonyl (C=O) groups excluding carboxylic acids is 2. The van der Waals surface area contributed by atoms with E-state index in [4.69, 9.17) is 43.7 Å². The molecule has 55 heavy (non-hydrogen) atoms. The highest BCUT2D eigenvalue weighted by Crippen LogP contribution is 2.36. The molecule has 306 valence electrons. The number of aliphatic carboxylic acids is 1. The van der Waals surface area contributed by atoms with Gasteiger partial charge in [0.2, 0.25) is 10.7 Å². The van der Waals surface area contributed by atoms with Crippen LogP contribution in [0, 0.1) is 12.7 Å². The van der Waals surface area contributed by atoms with Gasteiger partial charge in [0.15, 0.2) is 7.37 Å². The summed E-state index contributed by atoms with van der Waals surface area (Å²) in [6.45, 7) is 9.07. The monoisotopic (exact) mass is 867 g/mol. The molecule has 0 aliphatic carbocycles. The van der Waals surface area contributed by atoms with E-state index >= 15 is 0 Å². The minimum atomic E-state index is -3.10. The molecule has 0 saturated carbocycles. The average Bonchev–Trinajstić information content (AvgIpc) is 3.46. The number of benzene rings is 2. The molecule has 0 radical (unpaired) electrons. The van der Waals surface area contributed by atoms with E-state index in [2.05, 4.69) is 22.7 Å². The summed E-state index contributed by atoms with van der Waals surface area (Å²) in [5.74, 6) is -2.17. The van der Waals surface area contributed by atoms with Gasteiger partial charge in [-0.3, -0.25) is 28.4 Å². The molecule has 1 amide bonds. The van der Waals surface area contributed by atoms with Crippen molar-refractivity contribution in [3.63, 3.8) is 0 Å². The smallest absolute Gasteiger partial charge is 0.325 e. The second-order valence-electron chi connectivity index (χ2n) is 12.5. The van der Waals surface area contributed by atoms with E-state index in [9.17, 15) is 28.1 Å². The van der Waals surface area contributed by atoms with Crippen molar-refractivity contribution >= 4 is 82.9 Å². The van der Waals surface area contributed by atoms with Gasteiger partial charge in [0.05, 0.1) is 36.2 Å². The minimum absolute atomic E-state index is 0.0223. The van der Waals surface area contributed by atoms with Crippen LogP contribution >= 0.6 is 53.7 Å². The predicted molar refractivity (Wildman–Crippen MR) is 216 cm³/mol. The minimum Gasteiger partial charge on any atom is -0.480 e. The summed E-state index contributed by atoms with van der Waals surface area (Å²) in [5.41, 5.74) is 8.39. The molecule has 0 fully saturated rings. The van der Waals surface area contributed by atoms with E-state index in [1.54, 1.807) is 21.4 Å². The molecule has 14 nitrogen and oxygen atoms in total. The molecule has 4 N–H and O–H groups in total. The number of nitrogens with two attached hydrogens (primary N) is 1. The largest absolute Gasteiger partial charge is 0.480 e. The quantitative estimate of drug-likeness (QED) is 0.0785. The molecule has 3 aromatic rings. The van der Waals surface area contributed by atoms with Gasteiger partial charge in [-0.25, -0.2) is 14.1 Å². The maximum Gasteiger partial charge on any atom is 0.325 e. The molecule has 0 saturated heterocycles. The third-order valence-electron chi connectivity index (χ3n) is 8.03. The van der Waals surface area contributed by atoms with Crippen LogP contribution in [0.2, 0.25) is 5.02 Å². The van der Waals surface area contributed by atoms with Crippen molar-refractivity contribution < 1.29 is 42.8 Å². The predicted octanol–water partition coefficient (Wildman–Crippen LogP) is 5.65. The normalized spacial score (nSPS) is 14.6. The number of fused-ring (bicyclic) bond motifs is 1. The molecule has 0 spiro atoms. The number of rotatable bonds is 14. The fraction of sp³-hybridized carbons (Fsp3) is 0.514. The number of hydrogen-bond acceptors (Lipinski definition) is 11. The molecule has 1 aliphatic heterocycles. The van der Waals surface area contributed by atoms with Gasteiger partial charge in [0.25, 0.3) is 0 Å². The van der Waals surface area contributed by atoms with Gasteiger partial charge in [0, 0.05) is 37.9 Å². The summed E-state index contributed by atoms with van der Waals surface area (Å²) in [4.78, 5) is 61.3. The maximum atomic E-state index is 14.3. The highest BCUT2D eigenvalue weighted by molar-refractivity contribution is 8.00. The first-order valence-corrected chi connectivity index (χ1v) is 22.2. The summed E-state index contributed by atoms with van der Waals surface area (Å²) in [5, 5.41) is 8.48. The van der Waals surface area contributed by atoms with E-state index in [0.717, 1.165) is 65.2 Å². The van der Waals surface area contributed by atoms with Gasteiger partial charge in [-0.1, -0.05) is 36.7 Å². The van der Waals surface area contributed by atoms with Crippen LogP contribution in [-0.4, -0.2) is 94.6 Å². The van der Waals surface area contributed by atoms with Crippen molar-refractivity contribution in [3.8, 4) is 0 Å². The molecule has 3 unspecified atom stereocenters. The molecule has 1 aliphatic rings. The number of para-hydroxylation sites is 1. The van der Waals surface area contributed by atoms with Gasteiger partial charge < -0.3 is 30.1 Å². The molecule has 3 atom stereocenters. The number of aryl methyl sites for hydroxylation is 2. The molecule has 2 heterocycles. The summed E-state index contributed by atoms with van der Waals surface area (Å²) < 4.78 is 38.1. The lowest BCUT2D eigenvalue weighted by Crippen LogP contribution is -2.43. The zero-order valence-electron chi connectivity index (χ0n) is 31.6. The van der Waals surface area contributed by atoms with E-state index in [1.165, 1.54) is 19.8 Å². The van der Waals surface area contributed by atoms with Gasteiger partial charge in [-0.2, -0.15) is 0 Å². The average molecular weight is 869 g/mol. The zero-order valence-corrected chi connectivity index (χ0v) is 35.7. The maximum absolute atomic E-state index is 14.3. The summed E-state index contributed by atoms with van der Waals surface area (Å²) in [7, 11) is -0.168. The van der Waals surface area contributed by atoms with Crippen molar-refractivity contribution in [2.45, 2.75) is 76.5 Å². The number of ether oxygens (including phenoxy) is 2. The van der Waals surface area contributed by atoms with E-state index in [1.807, 2.05) is 26.0 Å². The SMILES string of the molecule is CCc1cccc(C)c1N(C(=O)CCl)C(C)COC.COC(=O)CSc1cc(N=c2sc(=O)n3n2CCCC3)c(F)cc1Cl.CP(=O)(O)CCC(N)C(=O)O. The standard InChI is InChI=1S/C15H15ClFN3O3S2.C15H22ClNO2.C5H12NO4P/c1-23-13(21)8-24-12-7-11(10(17)6-9(12)16)18-14-19-4-2-3-5-20(19)15(22)25-14;1-5-13-8-6-7-11(2)15(13)17(14(18)9-16)12(3)10-19-4;1-11(9,10)3-2-4(6)5(7)8/h6-7H,2-5,8H2,1H3;6-8,12H,5,9-10H2,1-4H3;4H,2-3,6H2,1H3,(H,7,8)(H,9,10). The number of aromatic nitrogens is 2. The Morgan fingerprint density at radius 3 is 2.42 bits per heavy atom. The number of esters is 1. The van der Waals surface area contributed by atoms with Crippen LogP contribution < -0.4 is 20.3 Å². The number of thioether (sulfide) groups is 1. The summed E-state index contributed by atoms with van der Waals surface area (Å²) in [6, 6.07) is 7.66. The second kappa shape index (κ2) is 23.3. The third-order valence-corrected chi connectivity index (χ3v) is 11.7. The lowest BCUT2D eigenvalue weighted by Gasteiger charge is -2.31. The van der Waals surface area contributed by atoms with Gasteiger partial charge in [0.1, 0.15) is 23.4 Å². The Morgan fingerprint density at radius 2 is 1.85 bits per heavy atom. The molecule has 2 aromatic carbocycles. The lowest BCUT2D eigenvalue weighted by atomic mass is 10.0. The van der Waals surface area contributed by atoms with Gasteiger partial charge in [-0.05, 0) is 74.1 Å². The Morgan fingerprint density at radius 1 is 1.20 bits per heavy atom. The number of nitrogens with zero attached hydrogens (tertiary/aromatic N) is 4. The van der Waals surface area contributed by atoms with Crippen molar-refractivity contribution in [2.24, 2.45) is 10.7 Å². The first-order valence-electron chi connectivity index (χ1n) is 17.2. The Bertz CT molecular complexity index is 1950. The second-order valence-corrected chi connectivity index (χ2v) is 17.6. The molecular formula is C35H49Cl2FN5O9PS2. The number of alkyl halides is 1. The van der Waals surface area contributed by atoms with Crippen molar-refractivity contribution in [1.82, 2.24) is 9.36 Å². The Hall–Kier alpha value is -3.02.